The number of carboxylic acids is 1. The van der Waals surface area contributed by atoms with Crippen molar-refractivity contribution in [3.63, 3.8) is 0 Å². The molecular formula is C19H18NO6S-. The molecule has 0 aromatic heterocycles. The highest BCUT2D eigenvalue weighted by atomic mass is 32.2. The van der Waals surface area contributed by atoms with Crippen LogP contribution in [0, 0.1) is 0 Å². The Morgan fingerprint density at radius 1 is 1.19 bits per heavy atom. The molecule has 0 bridgehead atoms. The molecule has 1 aliphatic rings. The summed E-state index contributed by atoms with van der Waals surface area (Å²) in [5.74, 6) is -1.25. The van der Waals surface area contributed by atoms with Crippen LogP contribution in [-0.2, 0) is 21.2 Å². The van der Waals surface area contributed by atoms with E-state index >= 15 is 0 Å². The van der Waals surface area contributed by atoms with Crippen LogP contribution in [0.3, 0.4) is 0 Å². The topological polar surface area (TPSA) is 107 Å². The highest BCUT2D eigenvalue weighted by molar-refractivity contribution is 7.92. The number of sulfonamides is 1. The van der Waals surface area contributed by atoms with Gasteiger partial charge in [-0.05, 0) is 54.7 Å². The Morgan fingerprint density at radius 2 is 1.93 bits per heavy atom. The molecule has 0 aliphatic carbocycles. The monoisotopic (exact) mass is 388 g/mol. The van der Waals surface area contributed by atoms with Crippen LogP contribution in [0.1, 0.15) is 24.0 Å². The second-order valence-electron chi connectivity index (χ2n) is 6.17. The van der Waals surface area contributed by atoms with Gasteiger partial charge in [-0.15, -0.1) is 0 Å². The molecule has 27 heavy (non-hydrogen) atoms. The smallest absolute Gasteiger partial charge is 0.264 e. The number of anilines is 1. The van der Waals surface area contributed by atoms with Crippen LogP contribution in [0.25, 0.3) is 5.57 Å². The Hall–Kier alpha value is -2.84. The maximum Gasteiger partial charge on any atom is 0.264 e. The van der Waals surface area contributed by atoms with E-state index in [1.165, 1.54) is 28.6 Å². The Morgan fingerprint density at radius 3 is 2.63 bits per heavy atom. The van der Waals surface area contributed by atoms with Gasteiger partial charge in [0.2, 0.25) is 0 Å². The quantitative estimate of drug-likeness (QED) is 0.476. The molecule has 1 aliphatic heterocycles. The molecule has 0 fully saturated rings. The van der Waals surface area contributed by atoms with E-state index in [-0.39, 0.29) is 28.3 Å². The van der Waals surface area contributed by atoms with Crippen molar-refractivity contribution in [3.05, 3.63) is 60.2 Å². The van der Waals surface area contributed by atoms with E-state index in [9.17, 15) is 18.3 Å². The predicted octanol–water partition coefficient (Wildman–Crippen LogP) is 1.83. The maximum absolute atomic E-state index is 13.3. The normalized spacial score (nSPS) is 14.2. The summed E-state index contributed by atoms with van der Waals surface area (Å²) in [6.45, 7) is 3.68. The molecule has 142 valence electrons. The molecule has 0 amide bonds. The summed E-state index contributed by atoms with van der Waals surface area (Å²) in [5.41, 5.74) is 0.914. The zero-order valence-electron chi connectivity index (χ0n) is 14.4. The van der Waals surface area contributed by atoms with Crippen LogP contribution in [0.5, 0.6) is 5.75 Å². The average Bonchev–Trinajstić information content (AvgIpc) is 2.90. The first-order valence-electron chi connectivity index (χ1n) is 8.33. The fourth-order valence-electron chi connectivity index (χ4n) is 3.14. The third-order valence-electron chi connectivity index (χ3n) is 4.53. The molecule has 0 radical (unpaired) electrons. The number of benzene rings is 2. The van der Waals surface area contributed by atoms with Crippen LogP contribution < -0.4 is 14.3 Å². The van der Waals surface area contributed by atoms with Crippen LogP contribution in [0.2, 0.25) is 0 Å². The van der Waals surface area contributed by atoms with Gasteiger partial charge in [-0.1, -0.05) is 24.8 Å². The van der Waals surface area contributed by atoms with Crippen molar-refractivity contribution in [1.29, 1.82) is 0 Å². The second kappa shape index (κ2) is 7.42. The Kier molecular flexibility index (Phi) is 5.20. The first-order chi connectivity index (χ1) is 12.9. The van der Waals surface area contributed by atoms with Gasteiger partial charge in [0.1, 0.15) is 0 Å². The number of carboxylic acid groups (broad SMARTS) is 1. The molecule has 0 spiro atoms. The van der Waals surface area contributed by atoms with Crippen molar-refractivity contribution in [1.82, 2.24) is 0 Å². The standard InChI is InChI=1S/C19H19NO6S/c1-13(19(21)22)14-6-4-7-15(12-14)27(24,25)20-11-3-2-8-16-17(20)9-5-10-18(16)26-23/h4-7,9-10,12,23H,1-3,8,11H2,(H,21,22)/p-1. The van der Waals surface area contributed by atoms with E-state index in [1.807, 2.05) is 0 Å². The summed E-state index contributed by atoms with van der Waals surface area (Å²) >= 11 is 0. The van der Waals surface area contributed by atoms with Crippen LogP contribution in [0.15, 0.2) is 53.9 Å². The highest BCUT2D eigenvalue weighted by Gasteiger charge is 2.29. The number of carbonyl (C=O) groups is 1. The number of fused-ring (bicyclic) bond motifs is 1. The number of aliphatic carboxylic acids is 1. The summed E-state index contributed by atoms with van der Waals surface area (Å²) in [5, 5.41) is 20.1. The lowest BCUT2D eigenvalue weighted by molar-refractivity contribution is -0.295. The Labute approximate surface area is 157 Å². The molecule has 8 heteroatoms. The fraction of sp³-hybridized carbons (Fsp3) is 0.211. The fourth-order valence-corrected chi connectivity index (χ4v) is 4.72. The third-order valence-corrected chi connectivity index (χ3v) is 6.34. The predicted molar refractivity (Wildman–Crippen MR) is 97.7 cm³/mol. The first kappa shape index (κ1) is 18.9. The lowest BCUT2D eigenvalue weighted by Gasteiger charge is -2.25. The Bertz CT molecular complexity index is 999. The van der Waals surface area contributed by atoms with E-state index in [0.29, 0.717) is 24.1 Å². The van der Waals surface area contributed by atoms with E-state index in [1.54, 1.807) is 18.2 Å². The van der Waals surface area contributed by atoms with Gasteiger partial charge < -0.3 is 14.8 Å². The van der Waals surface area contributed by atoms with Gasteiger partial charge >= 0.3 is 0 Å². The zero-order chi connectivity index (χ0) is 19.6. The van der Waals surface area contributed by atoms with E-state index < -0.39 is 16.0 Å². The zero-order valence-corrected chi connectivity index (χ0v) is 15.2. The van der Waals surface area contributed by atoms with Gasteiger partial charge in [-0.3, -0.25) is 4.31 Å². The molecule has 0 atom stereocenters. The molecule has 2 aromatic rings. The maximum atomic E-state index is 13.3. The van der Waals surface area contributed by atoms with Crippen molar-refractivity contribution >= 4 is 27.3 Å². The number of rotatable bonds is 5. The molecule has 1 N–H and O–H groups in total. The SMILES string of the molecule is C=C(C(=O)[O-])c1cccc(S(=O)(=O)N2CCCCc3c(OO)cccc32)c1. The molecule has 0 unspecified atom stereocenters. The average molecular weight is 388 g/mol. The lowest BCUT2D eigenvalue weighted by atomic mass is 10.1. The third kappa shape index (κ3) is 3.54. The van der Waals surface area contributed by atoms with E-state index in [4.69, 9.17) is 5.26 Å². The largest absolute Gasteiger partial charge is 0.545 e. The summed E-state index contributed by atoms with van der Waals surface area (Å²) in [6, 6.07) is 10.4. The molecule has 0 saturated carbocycles. The van der Waals surface area contributed by atoms with Crippen molar-refractivity contribution in [2.45, 2.75) is 24.2 Å². The van der Waals surface area contributed by atoms with Gasteiger partial charge in [0, 0.05) is 12.1 Å². The summed E-state index contributed by atoms with van der Waals surface area (Å²) in [6.07, 6.45) is 1.94. The lowest BCUT2D eigenvalue weighted by Crippen LogP contribution is -2.32. The van der Waals surface area contributed by atoms with Crippen molar-refractivity contribution in [2.75, 3.05) is 10.8 Å². The highest BCUT2D eigenvalue weighted by Crippen LogP contribution is 2.36. The first-order valence-corrected chi connectivity index (χ1v) is 9.77. The summed E-state index contributed by atoms with van der Waals surface area (Å²) in [4.78, 5) is 15.4. The minimum Gasteiger partial charge on any atom is -0.545 e. The minimum absolute atomic E-state index is 0.0504. The molecular weight excluding hydrogens is 370 g/mol. The van der Waals surface area contributed by atoms with Gasteiger partial charge in [0.15, 0.2) is 5.75 Å². The van der Waals surface area contributed by atoms with E-state index in [2.05, 4.69) is 11.5 Å². The van der Waals surface area contributed by atoms with Gasteiger partial charge in [-0.25, -0.2) is 13.7 Å². The molecule has 1 heterocycles. The number of nitrogens with zero attached hydrogens (tertiary/aromatic N) is 1. The van der Waals surface area contributed by atoms with Crippen molar-refractivity contribution in [3.8, 4) is 5.75 Å². The van der Waals surface area contributed by atoms with Gasteiger partial charge in [-0.2, -0.15) is 0 Å². The van der Waals surface area contributed by atoms with E-state index in [0.717, 1.165) is 6.42 Å². The van der Waals surface area contributed by atoms with Gasteiger partial charge in [0.05, 0.1) is 16.6 Å². The summed E-state index contributed by atoms with van der Waals surface area (Å²) in [7, 11) is -3.96. The number of hydrogen-bond acceptors (Lipinski definition) is 6. The minimum atomic E-state index is -3.96. The number of carbonyl (C=O) groups excluding carboxylic acids is 1. The Balaban J connectivity index is 2.10. The molecule has 0 saturated heterocycles. The van der Waals surface area contributed by atoms with Crippen molar-refractivity contribution in [2.24, 2.45) is 0 Å². The van der Waals surface area contributed by atoms with Crippen LogP contribution in [-0.4, -0.2) is 26.2 Å². The molecule has 2 aromatic carbocycles. The molecule has 3 rings (SSSR count). The number of hydrogen-bond donors (Lipinski definition) is 1. The summed E-state index contributed by atoms with van der Waals surface area (Å²) < 4.78 is 27.8. The molecule has 7 nitrogen and oxygen atoms in total. The van der Waals surface area contributed by atoms with Crippen LogP contribution >= 0.6 is 0 Å². The van der Waals surface area contributed by atoms with Crippen molar-refractivity contribution < 1.29 is 28.5 Å². The second-order valence-corrected chi connectivity index (χ2v) is 8.04. The van der Waals surface area contributed by atoms with Gasteiger partial charge in [0.25, 0.3) is 10.0 Å². The van der Waals surface area contributed by atoms with Crippen LogP contribution in [0.4, 0.5) is 5.69 Å².